The lowest BCUT2D eigenvalue weighted by Crippen LogP contribution is -2.47. The van der Waals surface area contributed by atoms with Crippen molar-refractivity contribution in [3.05, 3.63) is 29.8 Å². The number of halogens is 3. The maximum Gasteiger partial charge on any atom is 0.416 e. The average molecular weight is 366 g/mol. The lowest BCUT2D eigenvalue weighted by molar-refractivity contribution is -0.137. The fourth-order valence-corrected chi connectivity index (χ4v) is 3.95. The Morgan fingerprint density at radius 3 is 2.29 bits per heavy atom. The SMILES string of the molecule is COCC1(CNS(=O)(=O)c2ccc(C(F)(F)F)cc2)CCNCC1. The Hall–Kier alpha value is -1.16. The van der Waals surface area contributed by atoms with E-state index in [4.69, 9.17) is 4.74 Å². The van der Waals surface area contributed by atoms with Gasteiger partial charge >= 0.3 is 6.18 Å². The monoisotopic (exact) mass is 366 g/mol. The molecule has 136 valence electrons. The standard InChI is InChI=1S/C15H21F3N2O3S/c1-23-11-14(6-8-19-9-7-14)10-20-24(21,22)13-4-2-12(3-5-13)15(16,17)18/h2-5,19-20H,6-11H2,1H3. The van der Waals surface area contributed by atoms with E-state index < -0.39 is 21.8 Å². The van der Waals surface area contributed by atoms with Crippen LogP contribution >= 0.6 is 0 Å². The molecule has 0 aliphatic carbocycles. The number of piperidine rings is 1. The van der Waals surface area contributed by atoms with Crippen molar-refractivity contribution < 1.29 is 26.3 Å². The summed E-state index contributed by atoms with van der Waals surface area (Å²) in [6, 6.07) is 3.47. The van der Waals surface area contributed by atoms with Crippen LogP contribution in [-0.2, 0) is 20.9 Å². The van der Waals surface area contributed by atoms with E-state index in [0.29, 0.717) is 6.61 Å². The predicted octanol–water partition coefficient (Wildman–Crippen LogP) is 2.00. The molecule has 0 saturated carbocycles. The van der Waals surface area contributed by atoms with Gasteiger partial charge in [-0.05, 0) is 50.2 Å². The van der Waals surface area contributed by atoms with Crippen molar-refractivity contribution in [2.24, 2.45) is 5.41 Å². The minimum atomic E-state index is -4.49. The van der Waals surface area contributed by atoms with E-state index in [0.717, 1.165) is 50.2 Å². The summed E-state index contributed by atoms with van der Waals surface area (Å²) in [5, 5.41) is 3.21. The van der Waals surface area contributed by atoms with Gasteiger partial charge in [0.25, 0.3) is 0 Å². The highest BCUT2D eigenvalue weighted by atomic mass is 32.2. The summed E-state index contributed by atoms with van der Waals surface area (Å²) in [4.78, 5) is -0.183. The molecule has 0 aromatic heterocycles. The zero-order valence-electron chi connectivity index (χ0n) is 13.3. The Kier molecular flexibility index (Phi) is 5.90. The minimum Gasteiger partial charge on any atom is -0.384 e. The second kappa shape index (κ2) is 7.38. The van der Waals surface area contributed by atoms with Crippen LogP contribution in [0, 0.1) is 5.41 Å². The first-order valence-corrected chi connectivity index (χ1v) is 9.03. The van der Waals surface area contributed by atoms with Crippen LogP contribution in [0.1, 0.15) is 18.4 Å². The summed E-state index contributed by atoms with van der Waals surface area (Å²) in [5.74, 6) is 0. The first-order chi connectivity index (χ1) is 11.2. The van der Waals surface area contributed by atoms with Gasteiger partial charge in [0.2, 0.25) is 10.0 Å². The molecule has 0 atom stereocenters. The molecule has 9 heteroatoms. The molecule has 1 fully saturated rings. The van der Waals surface area contributed by atoms with Crippen molar-refractivity contribution in [3.8, 4) is 0 Å². The van der Waals surface area contributed by atoms with E-state index >= 15 is 0 Å². The summed E-state index contributed by atoms with van der Waals surface area (Å²) in [5.41, 5.74) is -1.19. The van der Waals surface area contributed by atoms with Gasteiger partial charge in [-0.15, -0.1) is 0 Å². The Morgan fingerprint density at radius 1 is 1.21 bits per heavy atom. The minimum absolute atomic E-state index is 0.183. The van der Waals surface area contributed by atoms with Crippen molar-refractivity contribution in [1.82, 2.24) is 10.0 Å². The van der Waals surface area contributed by atoms with Gasteiger partial charge in [-0.25, -0.2) is 13.1 Å². The number of benzene rings is 1. The number of ether oxygens (including phenoxy) is 1. The van der Waals surface area contributed by atoms with E-state index in [1.165, 1.54) is 0 Å². The normalized spacial score (nSPS) is 18.5. The van der Waals surface area contributed by atoms with Gasteiger partial charge in [0.15, 0.2) is 0 Å². The van der Waals surface area contributed by atoms with E-state index in [1.807, 2.05) is 0 Å². The second-order valence-corrected chi connectivity index (χ2v) is 7.80. The van der Waals surface area contributed by atoms with Gasteiger partial charge in [-0.3, -0.25) is 0 Å². The smallest absolute Gasteiger partial charge is 0.384 e. The van der Waals surface area contributed by atoms with Crippen LogP contribution in [-0.4, -0.2) is 41.8 Å². The number of sulfonamides is 1. The van der Waals surface area contributed by atoms with Crippen LogP contribution in [0.3, 0.4) is 0 Å². The highest BCUT2D eigenvalue weighted by Crippen LogP contribution is 2.31. The van der Waals surface area contributed by atoms with E-state index in [-0.39, 0.29) is 16.9 Å². The molecule has 0 bridgehead atoms. The summed E-state index contributed by atoms with van der Waals surface area (Å²) < 4.78 is 70.1. The number of nitrogens with one attached hydrogen (secondary N) is 2. The summed E-state index contributed by atoms with van der Waals surface area (Å²) in [7, 11) is -2.31. The van der Waals surface area contributed by atoms with Crippen molar-refractivity contribution >= 4 is 10.0 Å². The predicted molar refractivity (Wildman–Crippen MR) is 83.0 cm³/mol. The van der Waals surface area contributed by atoms with Crippen LogP contribution < -0.4 is 10.0 Å². The molecular formula is C15H21F3N2O3S. The van der Waals surface area contributed by atoms with Gasteiger partial charge in [0.05, 0.1) is 17.1 Å². The Labute approximate surface area is 139 Å². The number of hydrogen-bond donors (Lipinski definition) is 2. The molecule has 1 aromatic rings. The summed E-state index contributed by atoms with van der Waals surface area (Å²) in [6.07, 6.45) is -2.97. The van der Waals surface area contributed by atoms with Crippen LogP contribution in [0.15, 0.2) is 29.2 Å². The molecule has 0 amide bonds. The summed E-state index contributed by atoms with van der Waals surface area (Å²) in [6.45, 7) is 2.15. The van der Waals surface area contributed by atoms with E-state index in [1.54, 1.807) is 7.11 Å². The van der Waals surface area contributed by atoms with Crippen LogP contribution in [0.25, 0.3) is 0 Å². The molecule has 1 aliphatic heterocycles. The largest absolute Gasteiger partial charge is 0.416 e. The Bertz CT molecular complexity index is 633. The zero-order valence-corrected chi connectivity index (χ0v) is 14.1. The zero-order chi connectivity index (χ0) is 17.8. The molecule has 0 spiro atoms. The molecule has 0 radical (unpaired) electrons. The fraction of sp³-hybridized carbons (Fsp3) is 0.600. The quantitative estimate of drug-likeness (QED) is 0.808. The molecule has 2 rings (SSSR count). The van der Waals surface area contributed by atoms with Gasteiger partial charge in [-0.1, -0.05) is 0 Å². The first kappa shape index (κ1) is 19.2. The topological polar surface area (TPSA) is 67.4 Å². The van der Waals surface area contributed by atoms with Gasteiger partial charge < -0.3 is 10.1 Å². The second-order valence-electron chi connectivity index (χ2n) is 6.03. The lowest BCUT2D eigenvalue weighted by Gasteiger charge is -2.37. The molecule has 0 unspecified atom stereocenters. The number of rotatable bonds is 6. The lowest BCUT2D eigenvalue weighted by atomic mass is 9.80. The fourth-order valence-electron chi connectivity index (χ4n) is 2.79. The van der Waals surface area contributed by atoms with Crippen LogP contribution in [0.5, 0.6) is 0 Å². The third-order valence-corrected chi connectivity index (χ3v) is 5.66. The van der Waals surface area contributed by atoms with Crippen molar-refractivity contribution in [2.45, 2.75) is 23.9 Å². The molecule has 1 saturated heterocycles. The molecule has 1 aromatic carbocycles. The van der Waals surface area contributed by atoms with Crippen molar-refractivity contribution in [1.29, 1.82) is 0 Å². The van der Waals surface area contributed by atoms with Crippen molar-refractivity contribution in [3.63, 3.8) is 0 Å². The molecule has 1 heterocycles. The summed E-state index contributed by atoms with van der Waals surface area (Å²) >= 11 is 0. The third kappa shape index (κ3) is 4.69. The maximum atomic E-state index is 12.6. The molecule has 5 nitrogen and oxygen atoms in total. The average Bonchev–Trinajstić information content (AvgIpc) is 2.54. The third-order valence-electron chi connectivity index (χ3n) is 4.24. The number of alkyl halides is 3. The maximum absolute atomic E-state index is 12.6. The van der Waals surface area contributed by atoms with E-state index in [2.05, 4.69) is 10.0 Å². The Morgan fingerprint density at radius 2 is 1.79 bits per heavy atom. The number of methoxy groups -OCH3 is 1. The van der Waals surface area contributed by atoms with Gasteiger partial charge in [0, 0.05) is 19.1 Å². The Balaban J connectivity index is 2.10. The van der Waals surface area contributed by atoms with Gasteiger partial charge in [-0.2, -0.15) is 13.2 Å². The molecular weight excluding hydrogens is 345 g/mol. The van der Waals surface area contributed by atoms with Crippen LogP contribution in [0.4, 0.5) is 13.2 Å². The highest BCUT2D eigenvalue weighted by molar-refractivity contribution is 7.89. The van der Waals surface area contributed by atoms with Gasteiger partial charge in [0.1, 0.15) is 0 Å². The van der Waals surface area contributed by atoms with Crippen molar-refractivity contribution in [2.75, 3.05) is 33.4 Å². The molecule has 1 aliphatic rings. The highest BCUT2D eigenvalue weighted by Gasteiger charge is 2.34. The first-order valence-electron chi connectivity index (χ1n) is 7.55. The van der Waals surface area contributed by atoms with Crippen LogP contribution in [0.2, 0.25) is 0 Å². The molecule has 24 heavy (non-hydrogen) atoms. The van der Waals surface area contributed by atoms with E-state index in [9.17, 15) is 21.6 Å². The molecule has 2 N–H and O–H groups in total. The number of hydrogen-bond acceptors (Lipinski definition) is 4.